The lowest BCUT2D eigenvalue weighted by Gasteiger charge is -2.34. The van der Waals surface area contributed by atoms with E-state index in [2.05, 4.69) is 63.3 Å². The predicted octanol–water partition coefficient (Wildman–Crippen LogP) is 4.05. The molecular weight excluding hydrogens is 354 g/mol. The Hall–Kier alpha value is -2.31. The molecule has 0 radical (unpaired) electrons. The van der Waals surface area contributed by atoms with Gasteiger partial charge in [-0.3, -0.25) is 4.90 Å². The number of anilines is 1. The third-order valence-electron chi connectivity index (χ3n) is 4.97. The summed E-state index contributed by atoms with van der Waals surface area (Å²) in [7, 11) is 0. The summed E-state index contributed by atoms with van der Waals surface area (Å²) in [6, 6.07) is 10.7. The maximum absolute atomic E-state index is 4.86. The van der Waals surface area contributed by atoms with Crippen molar-refractivity contribution in [1.29, 1.82) is 0 Å². The number of thiazole rings is 1. The van der Waals surface area contributed by atoms with E-state index in [4.69, 9.17) is 4.98 Å². The molecule has 0 bridgehead atoms. The minimum Gasteiger partial charge on any atom is -0.338 e. The highest BCUT2D eigenvalue weighted by Gasteiger charge is 2.19. The Kier molecular flexibility index (Phi) is 5.45. The number of rotatable bonds is 5. The van der Waals surface area contributed by atoms with Crippen molar-refractivity contribution in [3.63, 3.8) is 0 Å². The molecule has 140 valence electrons. The summed E-state index contributed by atoms with van der Waals surface area (Å²) in [6.07, 6.45) is 3.61. The van der Waals surface area contributed by atoms with Gasteiger partial charge in [-0.05, 0) is 17.5 Å². The Morgan fingerprint density at radius 2 is 1.70 bits per heavy atom. The van der Waals surface area contributed by atoms with Gasteiger partial charge in [0.25, 0.3) is 0 Å². The van der Waals surface area contributed by atoms with Gasteiger partial charge < -0.3 is 4.90 Å². The molecule has 3 aromatic rings. The normalized spacial score (nSPS) is 15.4. The van der Waals surface area contributed by atoms with Crippen LogP contribution in [-0.4, -0.2) is 46.0 Å². The summed E-state index contributed by atoms with van der Waals surface area (Å²) in [5.74, 6) is 1.39. The van der Waals surface area contributed by atoms with Gasteiger partial charge in [0.2, 0.25) is 5.95 Å². The van der Waals surface area contributed by atoms with Crippen LogP contribution in [0.15, 0.2) is 48.1 Å². The molecule has 2 aromatic heterocycles. The zero-order chi connectivity index (χ0) is 18.6. The highest BCUT2D eigenvalue weighted by Crippen LogP contribution is 2.26. The van der Waals surface area contributed by atoms with E-state index < -0.39 is 0 Å². The number of hydrogen-bond acceptors (Lipinski definition) is 6. The second-order valence-corrected chi connectivity index (χ2v) is 8.09. The summed E-state index contributed by atoms with van der Waals surface area (Å²) in [4.78, 5) is 18.3. The van der Waals surface area contributed by atoms with Gasteiger partial charge in [0.15, 0.2) is 0 Å². The van der Waals surface area contributed by atoms with Gasteiger partial charge >= 0.3 is 0 Å². The SMILES string of the molecule is CC(C)c1ccc(-c2nc(CN3CCN(c4ncccn4)CC3)cs2)cc1. The van der Waals surface area contributed by atoms with E-state index in [1.807, 2.05) is 6.07 Å². The minimum atomic E-state index is 0.561. The third-order valence-corrected chi connectivity index (χ3v) is 5.91. The van der Waals surface area contributed by atoms with Crippen LogP contribution in [0.2, 0.25) is 0 Å². The van der Waals surface area contributed by atoms with Gasteiger partial charge in [0.05, 0.1) is 5.69 Å². The lowest BCUT2D eigenvalue weighted by Crippen LogP contribution is -2.46. The summed E-state index contributed by atoms with van der Waals surface area (Å²) < 4.78 is 0. The zero-order valence-electron chi connectivity index (χ0n) is 15.9. The van der Waals surface area contributed by atoms with Crippen LogP contribution < -0.4 is 4.90 Å². The second-order valence-electron chi connectivity index (χ2n) is 7.23. The van der Waals surface area contributed by atoms with Gasteiger partial charge in [-0.1, -0.05) is 38.1 Å². The van der Waals surface area contributed by atoms with Crippen molar-refractivity contribution in [2.45, 2.75) is 26.3 Å². The highest BCUT2D eigenvalue weighted by molar-refractivity contribution is 7.13. The van der Waals surface area contributed by atoms with Crippen LogP contribution >= 0.6 is 11.3 Å². The molecule has 5 nitrogen and oxygen atoms in total. The molecule has 0 amide bonds. The van der Waals surface area contributed by atoms with Crippen molar-refractivity contribution in [3.05, 3.63) is 59.4 Å². The average Bonchev–Trinajstić information content (AvgIpc) is 3.18. The molecule has 0 unspecified atom stereocenters. The molecule has 0 spiro atoms. The van der Waals surface area contributed by atoms with Crippen LogP contribution in [0.1, 0.15) is 31.0 Å². The van der Waals surface area contributed by atoms with Gasteiger partial charge in [-0.2, -0.15) is 0 Å². The largest absolute Gasteiger partial charge is 0.338 e. The molecule has 0 N–H and O–H groups in total. The number of piperazine rings is 1. The predicted molar refractivity (Wildman–Crippen MR) is 111 cm³/mol. The van der Waals surface area contributed by atoms with Crippen LogP contribution in [0.3, 0.4) is 0 Å². The van der Waals surface area contributed by atoms with Gasteiger partial charge in [0, 0.05) is 56.1 Å². The van der Waals surface area contributed by atoms with E-state index in [1.54, 1.807) is 23.7 Å². The molecule has 1 saturated heterocycles. The summed E-state index contributed by atoms with van der Waals surface area (Å²) >= 11 is 1.73. The van der Waals surface area contributed by atoms with Crippen molar-refractivity contribution in [3.8, 4) is 10.6 Å². The molecule has 27 heavy (non-hydrogen) atoms. The van der Waals surface area contributed by atoms with E-state index in [-0.39, 0.29) is 0 Å². The fourth-order valence-electron chi connectivity index (χ4n) is 3.31. The van der Waals surface area contributed by atoms with Gasteiger partial charge in [-0.25, -0.2) is 15.0 Å². The fourth-order valence-corrected chi connectivity index (χ4v) is 4.13. The first-order valence-electron chi connectivity index (χ1n) is 9.48. The molecular formula is C21H25N5S. The molecule has 1 aliphatic rings. The number of aromatic nitrogens is 3. The Morgan fingerprint density at radius 3 is 2.37 bits per heavy atom. The van der Waals surface area contributed by atoms with E-state index in [9.17, 15) is 0 Å². The van der Waals surface area contributed by atoms with Crippen LogP contribution in [0.5, 0.6) is 0 Å². The van der Waals surface area contributed by atoms with Crippen LogP contribution in [0.25, 0.3) is 10.6 Å². The standard InChI is InChI=1S/C21H25N5S/c1-16(2)17-4-6-18(7-5-17)20-24-19(15-27-20)14-25-10-12-26(13-11-25)21-22-8-3-9-23-21/h3-9,15-16H,10-14H2,1-2H3. The minimum absolute atomic E-state index is 0.561. The summed E-state index contributed by atoms with van der Waals surface area (Å²) in [5.41, 5.74) is 3.74. The van der Waals surface area contributed by atoms with E-state index in [0.29, 0.717) is 5.92 Å². The Labute approximate surface area is 164 Å². The van der Waals surface area contributed by atoms with Crippen molar-refractivity contribution in [2.75, 3.05) is 31.1 Å². The summed E-state index contributed by atoms with van der Waals surface area (Å²) in [5, 5.41) is 3.30. The van der Waals surface area contributed by atoms with E-state index >= 15 is 0 Å². The Bertz CT molecular complexity index is 852. The molecule has 4 rings (SSSR count). The topological polar surface area (TPSA) is 45.2 Å². The molecule has 3 heterocycles. The van der Waals surface area contributed by atoms with Crippen LogP contribution in [0.4, 0.5) is 5.95 Å². The van der Waals surface area contributed by atoms with Crippen molar-refractivity contribution >= 4 is 17.3 Å². The molecule has 6 heteroatoms. The van der Waals surface area contributed by atoms with Crippen molar-refractivity contribution < 1.29 is 0 Å². The first-order chi connectivity index (χ1) is 13.2. The zero-order valence-corrected chi connectivity index (χ0v) is 16.7. The first-order valence-corrected chi connectivity index (χ1v) is 10.4. The second kappa shape index (κ2) is 8.15. The quantitative estimate of drug-likeness (QED) is 0.669. The van der Waals surface area contributed by atoms with Gasteiger partial charge in [-0.15, -0.1) is 11.3 Å². The Balaban J connectivity index is 1.35. The first kappa shape index (κ1) is 18.1. The summed E-state index contributed by atoms with van der Waals surface area (Å²) in [6.45, 7) is 9.28. The molecule has 1 aromatic carbocycles. The van der Waals surface area contributed by atoms with E-state index in [0.717, 1.165) is 49.4 Å². The molecule has 1 aliphatic heterocycles. The van der Waals surface area contributed by atoms with Crippen LogP contribution in [-0.2, 0) is 6.54 Å². The lowest BCUT2D eigenvalue weighted by molar-refractivity contribution is 0.246. The number of nitrogens with zero attached hydrogens (tertiary/aromatic N) is 5. The number of benzene rings is 1. The van der Waals surface area contributed by atoms with Gasteiger partial charge in [0.1, 0.15) is 5.01 Å². The molecule has 0 aliphatic carbocycles. The number of hydrogen-bond donors (Lipinski definition) is 0. The maximum atomic E-state index is 4.86. The van der Waals surface area contributed by atoms with Crippen LogP contribution in [0, 0.1) is 0 Å². The molecule has 1 fully saturated rings. The van der Waals surface area contributed by atoms with Crippen molar-refractivity contribution in [2.24, 2.45) is 0 Å². The average molecular weight is 380 g/mol. The monoisotopic (exact) mass is 379 g/mol. The Morgan fingerprint density at radius 1 is 1.00 bits per heavy atom. The molecule has 0 saturated carbocycles. The third kappa shape index (κ3) is 4.34. The van der Waals surface area contributed by atoms with E-state index in [1.165, 1.54) is 11.1 Å². The molecule has 0 atom stereocenters. The lowest BCUT2D eigenvalue weighted by atomic mass is 10.0. The van der Waals surface area contributed by atoms with Crippen molar-refractivity contribution in [1.82, 2.24) is 19.9 Å². The maximum Gasteiger partial charge on any atom is 0.225 e. The highest BCUT2D eigenvalue weighted by atomic mass is 32.1. The smallest absolute Gasteiger partial charge is 0.225 e. The fraction of sp³-hybridized carbons (Fsp3) is 0.381.